The number of anilines is 2. The van der Waals surface area contributed by atoms with E-state index in [0.29, 0.717) is 5.56 Å². The molecule has 0 aliphatic carbocycles. The third-order valence-electron chi connectivity index (χ3n) is 4.64. The van der Waals surface area contributed by atoms with E-state index >= 15 is 0 Å². The summed E-state index contributed by atoms with van der Waals surface area (Å²) in [5, 5.41) is 11.7. The predicted molar refractivity (Wildman–Crippen MR) is 116 cm³/mol. The summed E-state index contributed by atoms with van der Waals surface area (Å²) in [6.07, 6.45) is 2.44. The van der Waals surface area contributed by atoms with E-state index in [-0.39, 0.29) is 5.91 Å². The molecule has 0 saturated carbocycles. The van der Waals surface area contributed by atoms with Gasteiger partial charge in [-0.15, -0.1) is 10.2 Å². The van der Waals surface area contributed by atoms with Gasteiger partial charge in [0.25, 0.3) is 5.91 Å². The number of benzene rings is 2. The van der Waals surface area contributed by atoms with Gasteiger partial charge in [0.1, 0.15) is 0 Å². The second kappa shape index (κ2) is 8.04. The minimum atomic E-state index is -0.109. The minimum absolute atomic E-state index is 0.109. The van der Waals surface area contributed by atoms with Gasteiger partial charge in [-0.3, -0.25) is 4.79 Å². The Labute approximate surface area is 172 Å². The molecule has 2 aromatic carbocycles. The van der Waals surface area contributed by atoms with Crippen molar-refractivity contribution in [2.24, 2.45) is 0 Å². The number of nitrogens with zero attached hydrogens (tertiary/aromatic N) is 3. The molecular formula is C21H19IN4O. The number of aromatic nitrogens is 2. The molecule has 1 aliphatic heterocycles. The molecule has 1 N–H and O–H groups in total. The van der Waals surface area contributed by atoms with E-state index in [1.807, 2.05) is 60.7 Å². The Bertz CT molecular complexity index is 935. The zero-order valence-corrected chi connectivity index (χ0v) is 16.9. The van der Waals surface area contributed by atoms with Gasteiger partial charge in [0, 0.05) is 27.9 Å². The molecule has 0 spiro atoms. The highest BCUT2D eigenvalue weighted by Crippen LogP contribution is 2.23. The molecule has 0 unspecified atom stereocenters. The van der Waals surface area contributed by atoms with Gasteiger partial charge in [-0.1, -0.05) is 24.3 Å². The molecule has 1 aromatic heterocycles. The molecule has 2 heterocycles. The molecule has 1 fully saturated rings. The van der Waals surface area contributed by atoms with Gasteiger partial charge in [0.05, 0.1) is 11.3 Å². The van der Waals surface area contributed by atoms with Gasteiger partial charge >= 0.3 is 0 Å². The Morgan fingerprint density at radius 1 is 0.926 bits per heavy atom. The van der Waals surface area contributed by atoms with Gasteiger partial charge < -0.3 is 10.2 Å². The van der Waals surface area contributed by atoms with Crippen LogP contribution in [0, 0.1) is 3.57 Å². The van der Waals surface area contributed by atoms with Crippen LogP contribution in [0.25, 0.3) is 11.3 Å². The molecule has 0 atom stereocenters. The molecule has 27 heavy (non-hydrogen) atoms. The van der Waals surface area contributed by atoms with E-state index in [1.165, 1.54) is 12.8 Å². The van der Waals surface area contributed by atoms with Crippen molar-refractivity contribution >= 4 is 40.0 Å². The maximum atomic E-state index is 12.4. The Morgan fingerprint density at radius 2 is 1.67 bits per heavy atom. The lowest BCUT2D eigenvalue weighted by molar-refractivity contribution is 0.102. The zero-order valence-electron chi connectivity index (χ0n) is 14.7. The summed E-state index contributed by atoms with van der Waals surface area (Å²) in [5.74, 6) is 0.833. The summed E-state index contributed by atoms with van der Waals surface area (Å²) in [4.78, 5) is 14.7. The van der Waals surface area contributed by atoms with Crippen LogP contribution in [-0.2, 0) is 0 Å². The van der Waals surface area contributed by atoms with Crippen LogP contribution in [0.4, 0.5) is 11.5 Å². The van der Waals surface area contributed by atoms with E-state index in [2.05, 4.69) is 43.0 Å². The molecule has 6 heteroatoms. The fraction of sp³-hybridized carbons (Fsp3) is 0.190. The number of carbonyl (C=O) groups excluding carboxylic acids is 1. The first-order valence-corrected chi connectivity index (χ1v) is 10.0. The van der Waals surface area contributed by atoms with Gasteiger partial charge in [-0.05, 0) is 71.8 Å². The van der Waals surface area contributed by atoms with Gasteiger partial charge in [-0.2, -0.15) is 0 Å². The van der Waals surface area contributed by atoms with E-state index in [4.69, 9.17) is 0 Å². The van der Waals surface area contributed by atoms with Gasteiger partial charge in [0.15, 0.2) is 5.82 Å². The number of rotatable bonds is 4. The number of carbonyl (C=O) groups is 1. The molecule has 1 saturated heterocycles. The largest absolute Gasteiger partial charge is 0.355 e. The average Bonchev–Trinajstić information content (AvgIpc) is 3.24. The Kier molecular flexibility index (Phi) is 5.33. The maximum Gasteiger partial charge on any atom is 0.256 e. The van der Waals surface area contributed by atoms with E-state index in [9.17, 15) is 4.79 Å². The SMILES string of the molecule is O=C(Nc1ccc(-c2ccc(N3CCCC3)nn2)cc1)c1ccccc1I. The second-order valence-corrected chi connectivity index (χ2v) is 7.64. The maximum absolute atomic E-state index is 12.4. The molecule has 5 nitrogen and oxygen atoms in total. The summed E-state index contributed by atoms with van der Waals surface area (Å²) in [6, 6.07) is 19.2. The van der Waals surface area contributed by atoms with Crippen molar-refractivity contribution in [1.29, 1.82) is 0 Å². The summed E-state index contributed by atoms with van der Waals surface area (Å²) in [7, 11) is 0. The number of hydrogen-bond acceptors (Lipinski definition) is 4. The fourth-order valence-corrected chi connectivity index (χ4v) is 3.79. The van der Waals surface area contributed by atoms with Crippen molar-refractivity contribution in [3.05, 3.63) is 69.8 Å². The normalized spacial score (nSPS) is 13.6. The van der Waals surface area contributed by atoms with Gasteiger partial charge in [-0.25, -0.2) is 0 Å². The quantitative estimate of drug-likeness (QED) is 0.567. The van der Waals surface area contributed by atoms with Crippen LogP contribution in [-0.4, -0.2) is 29.2 Å². The molecule has 3 aromatic rings. The molecule has 1 aliphatic rings. The molecule has 0 radical (unpaired) electrons. The monoisotopic (exact) mass is 470 g/mol. The average molecular weight is 470 g/mol. The van der Waals surface area contributed by atoms with E-state index in [1.54, 1.807) is 0 Å². The number of hydrogen-bond donors (Lipinski definition) is 1. The smallest absolute Gasteiger partial charge is 0.256 e. The van der Waals surface area contributed by atoms with E-state index in [0.717, 1.165) is 39.4 Å². The Morgan fingerprint density at radius 3 is 2.33 bits per heavy atom. The first kappa shape index (κ1) is 17.9. The summed E-state index contributed by atoms with van der Waals surface area (Å²) < 4.78 is 0.928. The molecule has 4 rings (SSSR count). The van der Waals surface area contributed by atoms with Crippen molar-refractivity contribution in [3.63, 3.8) is 0 Å². The van der Waals surface area contributed by atoms with Crippen LogP contribution in [0.2, 0.25) is 0 Å². The van der Waals surface area contributed by atoms with Crippen molar-refractivity contribution < 1.29 is 4.79 Å². The molecule has 136 valence electrons. The third kappa shape index (κ3) is 4.10. The highest BCUT2D eigenvalue weighted by atomic mass is 127. The number of halogens is 1. The van der Waals surface area contributed by atoms with E-state index < -0.39 is 0 Å². The van der Waals surface area contributed by atoms with Crippen LogP contribution in [0.5, 0.6) is 0 Å². The van der Waals surface area contributed by atoms with Crippen LogP contribution in [0.15, 0.2) is 60.7 Å². The van der Waals surface area contributed by atoms with Crippen molar-refractivity contribution in [3.8, 4) is 11.3 Å². The lowest BCUT2D eigenvalue weighted by Gasteiger charge is -2.15. The summed E-state index contributed by atoms with van der Waals surface area (Å²) >= 11 is 2.17. The minimum Gasteiger partial charge on any atom is -0.355 e. The zero-order chi connectivity index (χ0) is 18.6. The van der Waals surface area contributed by atoms with Crippen molar-refractivity contribution in [2.45, 2.75) is 12.8 Å². The molecular weight excluding hydrogens is 451 g/mol. The highest BCUT2D eigenvalue weighted by Gasteiger charge is 2.14. The predicted octanol–water partition coefficient (Wildman–Crippen LogP) is 4.60. The van der Waals surface area contributed by atoms with Crippen molar-refractivity contribution in [2.75, 3.05) is 23.3 Å². The summed E-state index contributed by atoms with van der Waals surface area (Å²) in [6.45, 7) is 2.12. The van der Waals surface area contributed by atoms with Crippen LogP contribution < -0.4 is 10.2 Å². The lowest BCUT2D eigenvalue weighted by Crippen LogP contribution is -2.19. The number of amides is 1. The van der Waals surface area contributed by atoms with Crippen molar-refractivity contribution in [1.82, 2.24) is 10.2 Å². The third-order valence-corrected chi connectivity index (χ3v) is 5.58. The first-order valence-electron chi connectivity index (χ1n) is 8.96. The lowest BCUT2D eigenvalue weighted by atomic mass is 10.1. The van der Waals surface area contributed by atoms with Crippen LogP contribution >= 0.6 is 22.6 Å². The number of nitrogens with one attached hydrogen (secondary N) is 1. The van der Waals surface area contributed by atoms with Gasteiger partial charge in [0.2, 0.25) is 0 Å². The Balaban J connectivity index is 1.45. The highest BCUT2D eigenvalue weighted by molar-refractivity contribution is 14.1. The van der Waals surface area contributed by atoms with Crippen LogP contribution in [0.3, 0.4) is 0 Å². The Hall–Kier alpha value is -2.48. The fourth-order valence-electron chi connectivity index (χ4n) is 3.16. The molecule has 0 bridgehead atoms. The van der Waals surface area contributed by atoms with Crippen LogP contribution in [0.1, 0.15) is 23.2 Å². The topological polar surface area (TPSA) is 58.1 Å². The second-order valence-electron chi connectivity index (χ2n) is 6.48. The summed E-state index contributed by atoms with van der Waals surface area (Å²) in [5.41, 5.74) is 3.23. The standard InChI is InChI=1S/C21H19IN4O/c22-18-6-2-1-5-17(18)21(27)23-16-9-7-15(8-10-16)19-11-12-20(25-24-19)26-13-3-4-14-26/h1-2,5-12H,3-4,13-14H2,(H,23,27). The molecule has 1 amide bonds. The first-order chi connectivity index (χ1) is 13.2.